The van der Waals surface area contributed by atoms with Gasteiger partial charge < -0.3 is 10.5 Å². The summed E-state index contributed by atoms with van der Waals surface area (Å²) in [6, 6.07) is -0.466. The second-order valence-electron chi connectivity index (χ2n) is 2.08. The average Bonchev–Trinajstić information content (AvgIpc) is 1.97. The fraction of sp³-hybridized carbons (Fsp3) is 0.833. The fourth-order valence-electron chi connectivity index (χ4n) is 0.367. The van der Waals surface area contributed by atoms with Crippen molar-refractivity contribution in [1.82, 2.24) is 5.48 Å². The molecule has 66 valence electrons. The molecule has 5 nitrogen and oxygen atoms in total. The van der Waals surface area contributed by atoms with Gasteiger partial charge in [-0.2, -0.15) is 5.48 Å². The number of methoxy groups -OCH3 is 1. The highest BCUT2D eigenvalue weighted by Crippen LogP contribution is 1.78. The first-order valence-corrected chi connectivity index (χ1v) is 3.34. The van der Waals surface area contributed by atoms with Gasteiger partial charge in [0.1, 0.15) is 6.04 Å². The van der Waals surface area contributed by atoms with Crippen LogP contribution < -0.4 is 11.2 Å². The molecule has 0 spiro atoms. The molecule has 0 aliphatic carbocycles. The zero-order valence-electron chi connectivity index (χ0n) is 6.79. The van der Waals surface area contributed by atoms with E-state index in [9.17, 15) is 4.79 Å². The average molecular weight is 162 g/mol. The van der Waals surface area contributed by atoms with Crippen LogP contribution in [0.15, 0.2) is 0 Å². The van der Waals surface area contributed by atoms with E-state index in [4.69, 9.17) is 15.3 Å². The van der Waals surface area contributed by atoms with Crippen molar-refractivity contribution in [1.29, 1.82) is 0 Å². The number of hydrogen-bond donors (Lipinski definition) is 2. The number of amides is 1. The van der Waals surface area contributed by atoms with Gasteiger partial charge in [0.05, 0.1) is 13.2 Å². The van der Waals surface area contributed by atoms with Gasteiger partial charge in [-0.3, -0.25) is 9.63 Å². The first-order valence-electron chi connectivity index (χ1n) is 3.34. The maximum absolute atomic E-state index is 10.4. The molecule has 0 fully saturated rings. The number of hydroxylamine groups is 1. The van der Waals surface area contributed by atoms with Crippen molar-refractivity contribution in [2.24, 2.45) is 5.73 Å². The van der Waals surface area contributed by atoms with E-state index in [1.807, 2.05) is 0 Å². The molecule has 0 aromatic rings. The Bertz CT molecular complexity index is 118. The summed E-state index contributed by atoms with van der Waals surface area (Å²) in [4.78, 5) is 15.2. The highest BCUT2D eigenvalue weighted by Gasteiger charge is 2.06. The molecule has 0 saturated heterocycles. The maximum atomic E-state index is 10.4. The number of nitrogens with two attached hydrogens (primary N) is 1. The topological polar surface area (TPSA) is 73.6 Å². The van der Waals surface area contributed by atoms with Crippen LogP contribution in [0.4, 0.5) is 0 Å². The van der Waals surface area contributed by atoms with Crippen LogP contribution in [0, 0.1) is 0 Å². The minimum atomic E-state index is -0.466. The van der Waals surface area contributed by atoms with Crippen LogP contribution in [0.25, 0.3) is 0 Å². The lowest BCUT2D eigenvalue weighted by molar-refractivity contribution is -0.124. The Kier molecular flexibility index (Phi) is 5.73. The monoisotopic (exact) mass is 162 g/mol. The van der Waals surface area contributed by atoms with Gasteiger partial charge in [0.25, 0.3) is 0 Å². The molecular weight excluding hydrogens is 148 g/mol. The predicted octanol–water partition coefficient (Wildman–Crippen LogP) is -0.972. The van der Waals surface area contributed by atoms with Crippen LogP contribution in [0.1, 0.15) is 6.92 Å². The summed E-state index contributed by atoms with van der Waals surface area (Å²) in [7, 11) is 1.57. The quantitative estimate of drug-likeness (QED) is 0.389. The molecule has 1 unspecified atom stereocenters. The number of hydrogen-bond acceptors (Lipinski definition) is 4. The van der Waals surface area contributed by atoms with E-state index < -0.39 is 11.9 Å². The molecule has 0 radical (unpaired) electrons. The number of nitrogens with one attached hydrogen (secondary N) is 1. The second-order valence-corrected chi connectivity index (χ2v) is 2.08. The van der Waals surface area contributed by atoms with Crippen molar-refractivity contribution in [3.63, 3.8) is 0 Å². The highest BCUT2D eigenvalue weighted by molar-refractivity contribution is 5.79. The lowest BCUT2D eigenvalue weighted by Gasteiger charge is -2.08. The summed E-state index contributed by atoms with van der Waals surface area (Å²) in [6.07, 6.45) is 0. The van der Waals surface area contributed by atoms with Gasteiger partial charge in [-0.15, -0.1) is 0 Å². The first-order chi connectivity index (χ1) is 5.18. The van der Waals surface area contributed by atoms with Crippen molar-refractivity contribution >= 4 is 5.91 Å². The summed E-state index contributed by atoms with van der Waals surface area (Å²) >= 11 is 0. The summed E-state index contributed by atoms with van der Waals surface area (Å²) in [5, 5.41) is 0. The van der Waals surface area contributed by atoms with Gasteiger partial charge in [-0.25, -0.2) is 0 Å². The Morgan fingerprint density at radius 3 is 2.73 bits per heavy atom. The molecule has 0 aromatic heterocycles. The van der Waals surface area contributed by atoms with Crippen molar-refractivity contribution in [2.75, 3.05) is 20.3 Å². The van der Waals surface area contributed by atoms with Gasteiger partial charge in [-0.05, 0) is 6.92 Å². The second kappa shape index (κ2) is 6.09. The largest absolute Gasteiger partial charge is 0.382 e. The third-order valence-corrected chi connectivity index (χ3v) is 1.08. The molecular formula is C6H14N2O3. The lowest BCUT2D eigenvalue weighted by Crippen LogP contribution is -2.39. The number of carbonyl (C=O) groups is 1. The maximum Gasteiger partial charge on any atom is 0.236 e. The standard InChI is InChI=1S/C6H14N2O3/c1-5(6(7)9)8-11-4-3-10-2/h5,8H,3-4H2,1-2H3,(H2,7,9). The van der Waals surface area contributed by atoms with Crippen LogP contribution in [0.3, 0.4) is 0 Å². The molecule has 0 aliphatic heterocycles. The first kappa shape index (κ1) is 10.3. The van der Waals surface area contributed by atoms with Gasteiger partial charge in [0, 0.05) is 7.11 Å². The third-order valence-electron chi connectivity index (χ3n) is 1.08. The zero-order chi connectivity index (χ0) is 8.69. The summed E-state index contributed by atoms with van der Waals surface area (Å²) in [5.74, 6) is -0.442. The Balaban J connectivity index is 3.17. The van der Waals surface area contributed by atoms with Gasteiger partial charge >= 0.3 is 0 Å². The molecule has 0 aliphatic rings. The lowest BCUT2D eigenvalue weighted by atomic mass is 10.4. The molecule has 0 bridgehead atoms. The van der Waals surface area contributed by atoms with Crippen LogP contribution in [-0.4, -0.2) is 32.3 Å². The van der Waals surface area contributed by atoms with Gasteiger partial charge in [-0.1, -0.05) is 0 Å². The predicted molar refractivity (Wildman–Crippen MR) is 39.6 cm³/mol. The SMILES string of the molecule is COCCONC(C)C(N)=O. The summed E-state index contributed by atoms with van der Waals surface area (Å²) in [5.41, 5.74) is 7.40. The highest BCUT2D eigenvalue weighted by atomic mass is 16.7. The van der Waals surface area contributed by atoms with E-state index >= 15 is 0 Å². The van der Waals surface area contributed by atoms with Crippen LogP contribution in [-0.2, 0) is 14.4 Å². The smallest absolute Gasteiger partial charge is 0.236 e. The Hall–Kier alpha value is -0.650. The molecule has 0 saturated carbocycles. The van der Waals surface area contributed by atoms with E-state index in [0.717, 1.165) is 0 Å². The number of rotatable bonds is 6. The number of ether oxygens (including phenoxy) is 1. The Morgan fingerprint density at radius 2 is 2.27 bits per heavy atom. The fourth-order valence-corrected chi connectivity index (χ4v) is 0.367. The van der Waals surface area contributed by atoms with E-state index in [-0.39, 0.29) is 0 Å². The number of carbonyl (C=O) groups excluding carboxylic acids is 1. The molecule has 1 amide bonds. The molecule has 5 heteroatoms. The molecule has 3 N–H and O–H groups in total. The third kappa shape index (κ3) is 5.78. The summed E-state index contributed by atoms with van der Waals surface area (Å²) in [6.45, 7) is 2.50. The van der Waals surface area contributed by atoms with E-state index in [1.165, 1.54) is 0 Å². The van der Waals surface area contributed by atoms with Gasteiger partial charge in [0.2, 0.25) is 5.91 Å². The normalized spacial score (nSPS) is 12.9. The van der Waals surface area contributed by atoms with Crippen LogP contribution in [0.2, 0.25) is 0 Å². The van der Waals surface area contributed by atoms with Crippen molar-refractivity contribution < 1.29 is 14.4 Å². The minimum Gasteiger partial charge on any atom is -0.382 e. The molecule has 0 heterocycles. The Morgan fingerprint density at radius 1 is 1.64 bits per heavy atom. The Labute approximate surface area is 65.8 Å². The molecule has 1 atom stereocenters. The van der Waals surface area contributed by atoms with Crippen molar-refractivity contribution in [3.8, 4) is 0 Å². The van der Waals surface area contributed by atoms with Crippen LogP contribution in [0.5, 0.6) is 0 Å². The van der Waals surface area contributed by atoms with E-state index in [0.29, 0.717) is 13.2 Å². The van der Waals surface area contributed by atoms with E-state index in [2.05, 4.69) is 5.48 Å². The molecule has 0 rings (SSSR count). The van der Waals surface area contributed by atoms with Gasteiger partial charge in [0.15, 0.2) is 0 Å². The summed E-state index contributed by atoms with van der Waals surface area (Å²) < 4.78 is 4.70. The number of primary amides is 1. The van der Waals surface area contributed by atoms with Crippen molar-refractivity contribution in [3.05, 3.63) is 0 Å². The van der Waals surface area contributed by atoms with Crippen LogP contribution >= 0.6 is 0 Å². The van der Waals surface area contributed by atoms with Crippen molar-refractivity contribution in [2.45, 2.75) is 13.0 Å². The van der Waals surface area contributed by atoms with E-state index in [1.54, 1.807) is 14.0 Å². The molecule has 0 aromatic carbocycles. The molecule has 11 heavy (non-hydrogen) atoms. The minimum absolute atomic E-state index is 0.397. The zero-order valence-corrected chi connectivity index (χ0v) is 6.79.